The second-order valence-electron chi connectivity index (χ2n) is 4.02. The number of nitrogens with one attached hydrogen (secondary N) is 1. The van der Waals surface area contributed by atoms with Crippen molar-refractivity contribution in [3.05, 3.63) is 28.8 Å². The van der Waals surface area contributed by atoms with Crippen LogP contribution in [0.25, 0.3) is 0 Å². The molecule has 1 saturated heterocycles. The van der Waals surface area contributed by atoms with Crippen LogP contribution < -0.4 is 10.2 Å². The summed E-state index contributed by atoms with van der Waals surface area (Å²) in [6.07, 6.45) is 0. The first-order chi connectivity index (χ1) is 8.17. The Hall–Kier alpha value is -1.26. The van der Waals surface area contributed by atoms with E-state index in [4.69, 9.17) is 16.3 Å². The highest BCUT2D eigenvalue weighted by Gasteiger charge is 2.34. The van der Waals surface area contributed by atoms with Gasteiger partial charge in [-0.15, -0.1) is 0 Å². The minimum absolute atomic E-state index is 0.338. The average molecular weight is 255 g/mol. The van der Waals surface area contributed by atoms with Gasteiger partial charge in [-0.3, -0.25) is 0 Å². The largest absolute Gasteiger partial charge is 0.465 e. The fraction of sp³-hybridized carbons (Fsp3) is 0.417. The Morgan fingerprint density at radius 2 is 2.41 bits per heavy atom. The number of anilines is 1. The van der Waals surface area contributed by atoms with E-state index in [0.29, 0.717) is 16.6 Å². The van der Waals surface area contributed by atoms with Crippen molar-refractivity contribution < 1.29 is 9.53 Å². The van der Waals surface area contributed by atoms with Crippen LogP contribution in [0.5, 0.6) is 0 Å². The Morgan fingerprint density at radius 1 is 1.65 bits per heavy atom. The maximum Gasteiger partial charge on any atom is 0.337 e. The molecule has 1 N–H and O–H groups in total. The minimum Gasteiger partial charge on any atom is -0.465 e. The molecule has 5 heteroatoms. The van der Waals surface area contributed by atoms with E-state index in [9.17, 15) is 4.79 Å². The molecule has 0 radical (unpaired) electrons. The second-order valence-corrected chi connectivity index (χ2v) is 4.43. The van der Waals surface area contributed by atoms with Crippen LogP contribution in [0.15, 0.2) is 18.2 Å². The lowest BCUT2D eigenvalue weighted by Gasteiger charge is -2.09. The molecule has 1 aliphatic heterocycles. The average Bonchev–Trinajstić information content (AvgIpc) is 3.08. The second kappa shape index (κ2) is 4.94. The summed E-state index contributed by atoms with van der Waals surface area (Å²) in [4.78, 5) is 13.6. The molecule has 0 amide bonds. The van der Waals surface area contributed by atoms with E-state index in [-0.39, 0.29) is 5.97 Å². The molecule has 1 aromatic rings. The summed E-state index contributed by atoms with van der Waals surface area (Å²) in [7, 11) is 3.29. The zero-order valence-electron chi connectivity index (χ0n) is 9.87. The maximum atomic E-state index is 11.4. The highest BCUT2D eigenvalue weighted by Crippen LogP contribution is 2.34. The molecule has 0 spiro atoms. The number of rotatable bonds is 4. The van der Waals surface area contributed by atoms with Crippen molar-refractivity contribution in [3.8, 4) is 0 Å². The molecular weight excluding hydrogens is 240 g/mol. The number of hydrogen-bond acceptors (Lipinski definition) is 4. The van der Waals surface area contributed by atoms with Gasteiger partial charge in [0, 0.05) is 13.1 Å². The Labute approximate surface area is 106 Å². The minimum atomic E-state index is -0.338. The SMILES string of the molecule is CNCC1CN1c1cc(C(=O)OC)ccc1Cl. The van der Waals surface area contributed by atoms with Gasteiger partial charge in [-0.2, -0.15) is 0 Å². The number of carbonyl (C=O) groups is 1. The highest BCUT2D eigenvalue weighted by molar-refractivity contribution is 6.33. The molecule has 1 atom stereocenters. The van der Waals surface area contributed by atoms with Gasteiger partial charge in [0.15, 0.2) is 0 Å². The summed E-state index contributed by atoms with van der Waals surface area (Å²) in [6, 6.07) is 5.65. The van der Waals surface area contributed by atoms with Gasteiger partial charge in [-0.25, -0.2) is 4.79 Å². The number of carbonyl (C=O) groups excluding carboxylic acids is 1. The predicted molar refractivity (Wildman–Crippen MR) is 67.9 cm³/mol. The fourth-order valence-corrected chi connectivity index (χ4v) is 2.09. The molecule has 4 nitrogen and oxygen atoms in total. The van der Waals surface area contributed by atoms with Gasteiger partial charge in [0.25, 0.3) is 0 Å². The molecule has 1 unspecified atom stereocenters. The molecule has 2 rings (SSSR count). The molecule has 0 aromatic heterocycles. The predicted octanol–water partition coefficient (Wildman–Crippen LogP) is 1.53. The van der Waals surface area contributed by atoms with Crippen LogP contribution in [0, 0.1) is 0 Å². The summed E-state index contributed by atoms with van der Waals surface area (Å²) < 4.78 is 4.69. The highest BCUT2D eigenvalue weighted by atomic mass is 35.5. The Balaban J connectivity index is 2.19. The number of likely N-dealkylation sites (N-methyl/N-ethyl adjacent to an activating group) is 1. The van der Waals surface area contributed by atoms with Crippen molar-refractivity contribution >= 4 is 23.3 Å². The lowest BCUT2D eigenvalue weighted by Crippen LogP contribution is -2.17. The summed E-state index contributed by atoms with van der Waals surface area (Å²) in [5.41, 5.74) is 1.43. The van der Waals surface area contributed by atoms with E-state index in [1.54, 1.807) is 18.2 Å². The van der Waals surface area contributed by atoms with Gasteiger partial charge >= 0.3 is 5.97 Å². The van der Waals surface area contributed by atoms with E-state index < -0.39 is 0 Å². The van der Waals surface area contributed by atoms with E-state index in [1.807, 2.05) is 7.05 Å². The number of methoxy groups -OCH3 is 1. The molecular formula is C12H15ClN2O2. The number of esters is 1. The first kappa shape index (κ1) is 12.2. The van der Waals surface area contributed by atoms with Crippen LogP contribution in [0.1, 0.15) is 10.4 Å². The van der Waals surface area contributed by atoms with Gasteiger partial charge in [0.05, 0.1) is 29.4 Å². The monoisotopic (exact) mass is 254 g/mol. The number of ether oxygens (including phenoxy) is 1. The van der Waals surface area contributed by atoms with Crippen LogP contribution in [0.3, 0.4) is 0 Å². The zero-order chi connectivity index (χ0) is 12.4. The van der Waals surface area contributed by atoms with E-state index in [0.717, 1.165) is 18.8 Å². The summed E-state index contributed by atoms with van der Waals surface area (Å²) >= 11 is 6.13. The number of hydrogen-bond donors (Lipinski definition) is 1. The van der Waals surface area contributed by atoms with E-state index in [2.05, 4.69) is 10.2 Å². The number of benzene rings is 1. The van der Waals surface area contributed by atoms with Crippen molar-refractivity contribution in [2.24, 2.45) is 0 Å². The lowest BCUT2D eigenvalue weighted by atomic mass is 10.2. The van der Waals surface area contributed by atoms with Gasteiger partial charge in [-0.05, 0) is 25.2 Å². The molecule has 0 saturated carbocycles. The third-order valence-corrected chi connectivity index (χ3v) is 3.15. The van der Waals surface area contributed by atoms with E-state index >= 15 is 0 Å². The quantitative estimate of drug-likeness (QED) is 0.654. The zero-order valence-corrected chi connectivity index (χ0v) is 10.6. The van der Waals surface area contributed by atoms with Crippen molar-refractivity contribution in [2.75, 3.05) is 32.1 Å². The third-order valence-electron chi connectivity index (χ3n) is 2.83. The van der Waals surface area contributed by atoms with Gasteiger partial charge in [0.2, 0.25) is 0 Å². The fourth-order valence-electron chi connectivity index (χ4n) is 1.86. The molecule has 0 bridgehead atoms. The van der Waals surface area contributed by atoms with Gasteiger partial charge in [0.1, 0.15) is 0 Å². The van der Waals surface area contributed by atoms with Crippen LogP contribution >= 0.6 is 11.6 Å². The molecule has 92 valence electrons. The first-order valence-corrected chi connectivity index (χ1v) is 5.84. The molecule has 1 aromatic carbocycles. The van der Waals surface area contributed by atoms with Crippen LogP contribution in [-0.2, 0) is 4.74 Å². The Kier molecular flexibility index (Phi) is 3.54. The van der Waals surface area contributed by atoms with Crippen molar-refractivity contribution in [1.82, 2.24) is 5.32 Å². The van der Waals surface area contributed by atoms with Crippen LogP contribution in [0.2, 0.25) is 5.02 Å². The van der Waals surface area contributed by atoms with Crippen molar-refractivity contribution in [1.29, 1.82) is 0 Å². The van der Waals surface area contributed by atoms with Crippen molar-refractivity contribution in [2.45, 2.75) is 6.04 Å². The van der Waals surface area contributed by atoms with E-state index in [1.165, 1.54) is 7.11 Å². The number of halogens is 1. The normalized spacial score (nSPS) is 18.1. The molecule has 1 fully saturated rings. The van der Waals surface area contributed by atoms with Crippen LogP contribution in [-0.4, -0.2) is 39.3 Å². The smallest absolute Gasteiger partial charge is 0.337 e. The lowest BCUT2D eigenvalue weighted by molar-refractivity contribution is 0.0601. The number of nitrogens with zero attached hydrogens (tertiary/aromatic N) is 1. The summed E-state index contributed by atoms with van der Waals surface area (Å²) in [5.74, 6) is -0.338. The van der Waals surface area contributed by atoms with Gasteiger partial charge < -0.3 is 15.0 Å². The standard InChI is InChI=1S/C12H15ClN2O2/c1-14-6-9-7-15(9)11-5-8(12(16)17-2)3-4-10(11)13/h3-5,9,14H,6-7H2,1-2H3. The molecule has 1 heterocycles. The maximum absolute atomic E-state index is 11.4. The third kappa shape index (κ3) is 2.53. The Bertz CT molecular complexity index is 437. The van der Waals surface area contributed by atoms with Crippen molar-refractivity contribution in [3.63, 3.8) is 0 Å². The van der Waals surface area contributed by atoms with Crippen LogP contribution in [0.4, 0.5) is 5.69 Å². The molecule has 1 aliphatic rings. The topological polar surface area (TPSA) is 41.3 Å². The summed E-state index contributed by atoms with van der Waals surface area (Å²) in [6.45, 7) is 1.88. The Morgan fingerprint density at radius 3 is 3.06 bits per heavy atom. The first-order valence-electron chi connectivity index (χ1n) is 5.46. The molecule has 0 aliphatic carbocycles. The molecule has 17 heavy (non-hydrogen) atoms. The summed E-state index contributed by atoms with van der Waals surface area (Å²) in [5, 5.41) is 3.78. The van der Waals surface area contributed by atoms with Gasteiger partial charge in [-0.1, -0.05) is 11.6 Å².